The van der Waals surface area contributed by atoms with Gasteiger partial charge in [-0.25, -0.2) is 0 Å². The first kappa shape index (κ1) is 18.5. The SMILES string of the molecule is CCCCCCCCC(C)OC(=O)CCCCCC. The second-order valence-corrected chi connectivity index (χ2v) is 5.67. The summed E-state index contributed by atoms with van der Waals surface area (Å²) in [6.45, 7) is 6.44. The second kappa shape index (κ2) is 13.9. The number of ether oxygens (including phenoxy) is 1. The fourth-order valence-corrected chi connectivity index (χ4v) is 2.25. The zero-order valence-corrected chi connectivity index (χ0v) is 13.4. The lowest BCUT2D eigenvalue weighted by atomic mass is 10.1. The summed E-state index contributed by atoms with van der Waals surface area (Å²) in [4.78, 5) is 11.6. The van der Waals surface area contributed by atoms with Gasteiger partial charge in [0.25, 0.3) is 0 Å². The predicted octanol–water partition coefficient (Wildman–Crippen LogP) is 5.64. The van der Waals surface area contributed by atoms with Crippen LogP contribution in [0.15, 0.2) is 0 Å². The summed E-state index contributed by atoms with van der Waals surface area (Å²) in [5.74, 6) is -0.00501. The molecule has 0 rings (SSSR count). The van der Waals surface area contributed by atoms with Crippen molar-refractivity contribution in [2.75, 3.05) is 0 Å². The molecule has 1 atom stereocenters. The Balaban J connectivity index is 3.36. The molecule has 0 bridgehead atoms. The van der Waals surface area contributed by atoms with Crippen LogP contribution in [0.3, 0.4) is 0 Å². The van der Waals surface area contributed by atoms with Crippen LogP contribution in [-0.4, -0.2) is 12.1 Å². The zero-order valence-electron chi connectivity index (χ0n) is 13.4. The molecule has 0 saturated carbocycles. The van der Waals surface area contributed by atoms with Crippen LogP contribution in [0.1, 0.15) is 97.8 Å². The maximum Gasteiger partial charge on any atom is 0.306 e. The van der Waals surface area contributed by atoms with Gasteiger partial charge in [-0.15, -0.1) is 0 Å². The lowest BCUT2D eigenvalue weighted by Gasteiger charge is -2.13. The summed E-state index contributed by atoms with van der Waals surface area (Å²) < 4.78 is 5.42. The van der Waals surface area contributed by atoms with E-state index >= 15 is 0 Å². The van der Waals surface area contributed by atoms with Gasteiger partial charge in [-0.2, -0.15) is 0 Å². The Morgan fingerprint density at radius 1 is 0.842 bits per heavy atom. The molecule has 0 aliphatic carbocycles. The first-order valence-corrected chi connectivity index (χ1v) is 8.40. The molecular weight excluding hydrogens is 236 g/mol. The molecule has 0 aromatic rings. The number of hydrogen-bond acceptors (Lipinski definition) is 2. The van der Waals surface area contributed by atoms with Crippen LogP contribution in [0.25, 0.3) is 0 Å². The van der Waals surface area contributed by atoms with Crippen molar-refractivity contribution in [2.45, 2.75) is 104 Å². The second-order valence-electron chi connectivity index (χ2n) is 5.67. The van der Waals surface area contributed by atoms with Crippen molar-refractivity contribution < 1.29 is 9.53 Å². The molecule has 0 spiro atoms. The maximum absolute atomic E-state index is 11.6. The number of unbranched alkanes of at least 4 members (excludes halogenated alkanes) is 8. The van der Waals surface area contributed by atoms with Crippen molar-refractivity contribution in [3.05, 3.63) is 0 Å². The molecule has 0 aliphatic rings. The van der Waals surface area contributed by atoms with Gasteiger partial charge < -0.3 is 4.74 Å². The van der Waals surface area contributed by atoms with Crippen molar-refractivity contribution in [1.29, 1.82) is 0 Å². The number of carbonyl (C=O) groups is 1. The van der Waals surface area contributed by atoms with Crippen LogP contribution in [0.4, 0.5) is 0 Å². The molecule has 19 heavy (non-hydrogen) atoms. The standard InChI is InChI=1S/C17H34O2/c1-4-6-8-10-11-12-14-16(3)19-17(18)15-13-9-7-5-2/h16H,4-15H2,1-3H3. The van der Waals surface area contributed by atoms with E-state index in [2.05, 4.69) is 13.8 Å². The van der Waals surface area contributed by atoms with Crippen molar-refractivity contribution in [3.8, 4) is 0 Å². The minimum absolute atomic E-state index is 0.00501. The molecule has 0 aromatic heterocycles. The fraction of sp³-hybridized carbons (Fsp3) is 0.941. The highest BCUT2D eigenvalue weighted by Gasteiger charge is 2.08. The first-order chi connectivity index (χ1) is 9.20. The van der Waals surface area contributed by atoms with Crippen molar-refractivity contribution in [1.82, 2.24) is 0 Å². The molecule has 2 heteroatoms. The van der Waals surface area contributed by atoms with Gasteiger partial charge in [0.1, 0.15) is 0 Å². The van der Waals surface area contributed by atoms with E-state index in [-0.39, 0.29) is 12.1 Å². The lowest BCUT2D eigenvalue weighted by Crippen LogP contribution is -2.14. The van der Waals surface area contributed by atoms with Crippen molar-refractivity contribution in [3.63, 3.8) is 0 Å². The van der Waals surface area contributed by atoms with E-state index in [4.69, 9.17) is 4.74 Å². The van der Waals surface area contributed by atoms with Crippen molar-refractivity contribution >= 4 is 5.97 Å². The Labute approximate surface area is 120 Å². The monoisotopic (exact) mass is 270 g/mol. The average Bonchev–Trinajstić information content (AvgIpc) is 2.39. The summed E-state index contributed by atoms with van der Waals surface area (Å²) in [7, 11) is 0. The highest BCUT2D eigenvalue weighted by atomic mass is 16.5. The molecule has 0 saturated heterocycles. The van der Waals surface area contributed by atoms with E-state index in [1.807, 2.05) is 6.92 Å². The predicted molar refractivity (Wildman–Crippen MR) is 82.3 cm³/mol. The van der Waals surface area contributed by atoms with Gasteiger partial charge in [-0.1, -0.05) is 65.2 Å². The van der Waals surface area contributed by atoms with E-state index in [9.17, 15) is 4.79 Å². The number of hydrogen-bond donors (Lipinski definition) is 0. The third kappa shape index (κ3) is 13.7. The Bertz CT molecular complexity index is 201. The van der Waals surface area contributed by atoms with E-state index in [0.29, 0.717) is 6.42 Å². The molecule has 114 valence electrons. The van der Waals surface area contributed by atoms with Crippen LogP contribution in [-0.2, 0) is 9.53 Å². The molecule has 0 fully saturated rings. The van der Waals surface area contributed by atoms with Gasteiger partial charge in [0.2, 0.25) is 0 Å². The highest BCUT2D eigenvalue weighted by Crippen LogP contribution is 2.11. The van der Waals surface area contributed by atoms with Crippen molar-refractivity contribution in [2.24, 2.45) is 0 Å². The third-order valence-corrected chi connectivity index (χ3v) is 3.53. The largest absolute Gasteiger partial charge is 0.463 e. The van der Waals surface area contributed by atoms with Crippen LogP contribution < -0.4 is 0 Å². The summed E-state index contributed by atoms with van der Waals surface area (Å²) >= 11 is 0. The van der Waals surface area contributed by atoms with Gasteiger partial charge in [0.05, 0.1) is 6.10 Å². The van der Waals surface area contributed by atoms with Crippen LogP contribution in [0, 0.1) is 0 Å². The molecule has 0 amide bonds. The molecular formula is C17H34O2. The fourth-order valence-electron chi connectivity index (χ4n) is 2.25. The number of esters is 1. The van der Waals surface area contributed by atoms with Crippen LogP contribution in [0.2, 0.25) is 0 Å². The van der Waals surface area contributed by atoms with Crippen LogP contribution >= 0.6 is 0 Å². The minimum Gasteiger partial charge on any atom is -0.463 e. The maximum atomic E-state index is 11.6. The molecule has 0 N–H and O–H groups in total. The quantitative estimate of drug-likeness (QED) is 0.320. The molecule has 2 nitrogen and oxygen atoms in total. The van der Waals surface area contributed by atoms with Crippen LogP contribution in [0.5, 0.6) is 0 Å². The lowest BCUT2D eigenvalue weighted by molar-refractivity contribution is -0.148. The van der Waals surface area contributed by atoms with E-state index in [1.165, 1.54) is 51.4 Å². The third-order valence-electron chi connectivity index (χ3n) is 3.53. The summed E-state index contributed by atoms with van der Waals surface area (Å²) in [5, 5.41) is 0. The van der Waals surface area contributed by atoms with Gasteiger partial charge >= 0.3 is 5.97 Å². The topological polar surface area (TPSA) is 26.3 Å². The van der Waals surface area contributed by atoms with E-state index < -0.39 is 0 Å². The summed E-state index contributed by atoms with van der Waals surface area (Å²) in [5.41, 5.74) is 0. The Kier molecular flexibility index (Phi) is 13.5. The number of rotatable bonds is 13. The Morgan fingerprint density at radius 3 is 2.00 bits per heavy atom. The summed E-state index contributed by atoms with van der Waals surface area (Å²) in [6, 6.07) is 0. The van der Waals surface area contributed by atoms with E-state index in [0.717, 1.165) is 19.3 Å². The smallest absolute Gasteiger partial charge is 0.306 e. The molecule has 0 heterocycles. The summed E-state index contributed by atoms with van der Waals surface area (Å²) in [6.07, 6.45) is 14.1. The molecule has 0 radical (unpaired) electrons. The Morgan fingerprint density at radius 2 is 1.37 bits per heavy atom. The molecule has 0 aromatic carbocycles. The molecule has 1 unspecified atom stereocenters. The van der Waals surface area contributed by atoms with Gasteiger partial charge in [0.15, 0.2) is 0 Å². The zero-order chi connectivity index (χ0) is 14.3. The Hall–Kier alpha value is -0.530. The highest BCUT2D eigenvalue weighted by molar-refractivity contribution is 5.69. The number of carbonyl (C=O) groups excluding carboxylic acids is 1. The van der Waals surface area contributed by atoms with Gasteiger partial charge in [-0.3, -0.25) is 4.79 Å². The minimum atomic E-state index is -0.00501. The first-order valence-electron chi connectivity index (χ1n) is 8.40. The van der Waals surface area contributed by atoms with Gasteiger partial charge in [0, 0.05) is 6.42 Å². The van der Waals surface area contributed by atoms with E-state index in [1.54, 1.807) is 0 Å². The average molecular weight is 270 g/mol. The van der Waals surface area contributed by atoms with Gasteiger partial charge in [-0.05, 0) is 26.2 Å². The normalized spacial score (nSPS) is 12.4. The molecule has 0 aliphatic heterocycles.